The fraction of sp³-hybridized carbons (Fsp3) is 0.316. The average molecular weight is 373 g/mol. The minimum absolute atomic E-state index is 0.116. The lowest BCUT2D eigenvalue weighted by Gasteiger charge is -2.13. The van der Waals surface area contributed by atoms with E-state index < -0.39 is 10.8 Å². The summed E-state index contributed by atoms with van der Waals surface area (Å²) in [7, 11) is 5.46. The minimum atomic E-state index is -0.542. The molecule has 0 spiro atoms. The fourth-order valence-electron chi connectivity index (χ4n) is 2.36. The van der Waals surface area contributed by atoms with Crippen molar-refractivity contribution in [3.63, 3.8) is 0 Å². The number of nitro groups is 1. The van der Waals surface area contributed by atoms with Gasteiger partial charge in [0.25, 0.3) is 11.6 Å². The smallest absolute Gasteiger partial charge is 0.270 e. The quantitative estimate of drug-likeness (QED) is 0.412. The van der Waals surface area contributed by atoms with E-state index >= 15 is 0 Å². The molecule has 0 atom stereocenters. The summed E-state index contributed by atoms with van der Waals surface area (Å²) in [5, 5.41) is 13.8. The Balaban J connectivity index is 2.19. The molecule has 2 aromatic rings. The Hall–Kier alpha value is -3.13. The van der Waals surface area contributed by atoms with Crippen LogP contribution in [0, 0.1) is 10.1 Å². The molecule has 0 aliphatic carbocycles. The van der Waals surface area contributed by atoms with E-state index in [1.807, 2.05) is 19.0 Å². The lowest BCUT2D eigenvalue weighted by Crippen LogP contribution is -2.27. The number of non-ortho nitro benzene ring substituents is 1. The molecule has 0 fully saturated rings. The maximum absolute atomic E-state index is 12.5. The van der Waals surface area contributed by atoms with Gasteiger partial charge in [0.15, 0.2) is 0 Å². The zero-order chi connectivity index (χ0) is 19.8. The molecule has 0 unspecified atom stereocenters. The van der Waals surface area contributed by atoms with Crippen LogP contribution < -0.4 is 14.8 Å². The Kier molecular flexibility index (Phi) is 7.13. The topological polar surface area (TPSA) is 93.9 Å². The molecular weight excluding hydrogens is 350 g/mol. The number of methoxy groups -OCH3 is 1. The number of hydrogen-bond acceptors (Lipinski definition) is 6. The van der Waals surface area contributed by atoms with Crippen molar-refractivity contribution in [2.45, 2.75) is 6.42 Å². The summed E-state index contributed by atoms with van der Waals surface area (Å²) in [5.74, 6) is 0.994. The highest BCUT2D eigenvalue weighted by molar-refractivity contribution is 5.97. The van der Waals surface area contributed by atoms with Crippen molar-refractivity contribution in [1.82, 2.24) is 10.2 Å². The number of benzene rings is 2. The number of rotatable bonds is 9. The van der Waals surface area contributed by atoms with Gasteiger partial charge in [-0.1, -0.05) is 0 Å². The number of carbonyl (C=O) groups is 1. The summed E-state index contributed by atoms with van der Waals surface area (Å²) >= 11 is 0. The summed E-state index contributed by atoms with van der Waals surface area (Å²) in [5.41, 5.74) is -0.0552. The van der Waals surface area contributed by atoms with Gasteiger partial charge in [-0.05, 0) is 57.4 Å². The number of carbonyl (C=O) groups excluding carboxylic acids is 1. The van der Waals surface area contributed by atoms with Crippen LogP contribution in [0.25, 0.3) is 0 Å². The lowest BCUT2D eigenvalue weighted by molar-refractivity contribution is -0.384. The second-order valence-corrected chi connectivity index (χ2v) is 6.13. The van der Waals surface area contributed by atoms with Crippen molar-refractivity contribution >= 4 is 11.6 Å². The van der Waals surface area contributed by atoms with Crippen LogP contribution in [0.3, 0.4) is 0 Å². The first-order chi connectivity index (χ1) is 12.9. The normalized spacial score (nSPS) is 10.5. The van der Waals surface area contributed by atoms with Crippen molar-refractivity contribution in [2.75, 3.05) is 34.3 Å². The largest absolute Gasteiger partial charge is 0.497 e. The van der Waals surface area contributed by atoms with Crippen LogP contribution in [-0.2, 0) is 0 Å². The molecular formula is C19H23N3O5. The highest BCUT2D eigenvalue weighted by Gasteiger charge is 2.18. The van der Waals surface area contributed by atoms with Gasteiger partial charge in [0, 0.05) is 18.7 Å². The van der Waals surface area contributed by atoms with Gasteiger partial charge in [-0.2, -0.15) is 0 Å². The molecule has 2 aromatic carbocycles. The standard InChI is InChI=1S/C19H23N3O5/c1-21(2)12-4-11-20-19(23)17-13-14(22(24)25)5-10-18(17)27-16-8-6-15(26-3)7-9-16/h5-10,13H,4,11-12H2,1-3H3,(H,20,23). The molecule has 1 N–H and O–H groups in total. The first kappa shape index (κ1) is 20.2. The van der Waals surface area contributed by atoms with Crippen molar-refractivity contribution in [1.29, 1.82) is 0 Å². The Bertz CT molecular complexity index is 790. The van der Waals surface area contributed by atoms with Crippen LogP contribution in [0.15, 0.2) is 42.5 Å². The van der Waals surface area contributed by atoms with E-state index in [9.17, 15) is 14.9 Å². The number of nitro benzene ring substituents is 1. The maximum Gasteiger partial charge on any atom is 0.270 e. The molecule has 0 aromatic heterocycles. The Morgan fingerprint density at radius 1 is 1.15 bits per heavy atom. The zero-order valence-electron chi connectivity index (χ0n) is 15.6. The monoisotopic (exact) mass is 373 g/mol. The predicted molar refractivity (Wildman–Crippen MR) is 102 cm³/mol. The second-order valence-electron chi connectivity index (χ2n) is 6.13. The Morgan fingerprint density at radius 3 is 2.41 bits per heavy atom. The van der Waals surface area contributed by atoms with Crippen molar-refractivity contribution in [2.24, 2.45) is 0 Å². The second kappa shape index (κ2) is 9.54. The average Bonchev–Trinajstić information content (AvgIpc) is 2.65. The molecule has 8 heteroatoms. The van der Waals surface area contributed by atoms with Gasteiger partial charge in [0.05, 0.1) is 17.6 Å². The van der Waals surface area contributed by atoms with E-state index in [0.717, 1.165) is 13.0 Å². The highest BCUT2D eigenvalue weighted by atomic mass is 16.6. The van der Waals surface area contributed by atoms with E-state index in [4.69, 9.17) is 9.47 Å². The molecule has 2 rings (SSSR count). The van der Waals surface area contributed by atoms with Gasteiger partial charge >= 0.3 is 0 Å². The number of nitrogens with zero attached hydrogens (tertiary/aromatic N) is 2. The van der Waals surface area contributed by atoms with Crippen molar-refractivity contribution in [3.05, 3.63) is 58.1 Å². The van der Waals surface area contributed by atoms with E-state index in [0.29, 0.717) is 18.0 Å². The van der Waals surface area contributed by atoms with Gasteiger partial charge in [0.1, 0.15) is 17.2 Å². The number of ether oxygens (including phenoxy) is 2. The van der Waals surface area contributed by atoms with Crippen molar-refractivity contribution in [3.8, 4) is 17.2 Å². The van der Waals surface area contributed by atoms with Gasteiger partial charge in [-0.25, -0.2) is 0 Å². The summed E-state index contributed by atoms with van der Waals surface area (Å²) < 4.78 is 10.9. The number of hydrogen-bond donors (Lipinski definition) is 1. The minimum Gasteiger partial charge on any atom is -0.497 e. The molecule has 27 heavy (non-hydrogen) atoms. The van der Waals surface area contributed by atoms with E-state index in [1.54, 1.807) is 31.4 Å². The van der Waals surface area contributed by atoms with Crippen LogP contribution in [0.4, 0.5) is 5.69 Å². The van der Waals surface area contributed by atoms with Crippen LogP contribution in [0.1, 0.15) is 16.8 Å². The van der Waals surface area contributed by atoms with E-state index in [1.165, 1.54) is 18.2 Å². The van der Waals surface area contributed by atoms with Gasteiger partial charge in [0.2, 0.25) is 0 Å². The Labute approximate surface area is 157 Å². The predicted octanol–water partition coefficient (Wildman–Crippen LogP) is 3.08. The summed E-state index contributed by atoms with van der Waals surface area (Å²) in [6, 6.07) is 10.8. The van der Waals surface area contributed by atoms with Crippen LogP contribution in [0.2, 0.25) is 0 Å². The molecule has 1 amide bonds. The first-order valence-corrected chi connectivity index (χ1v) is 8.44. The fourth-order valence-corrected chi connectivity index (χ4v) is 2.36. The van der Waals surface area contributed by atoms with Gasteiger partial charge < -0.3 is 19.7 Å². The van der Waals surface area contributed by atoms with Crippen LogP contribution in [0.5, 0.6) is 17.2 Å². The lowest BCUT2D eigenvalue weighted by atomic mass is 10.1. The molecule has 0 aliphatic rings. The Morgan fingerprint density at radius 2 is 1.81 bits per heavy atom. The molecule has 0 bridgehead atoms. The maximum atomic E-state index is 12.5. The molecule has 8 nitrogen and oxygen atoms in total. The highest BCUT2D eigenvalue weighted by Crippen LogP contribution is 2.29. The summed E-state index contributed by atoms with van der Waals surface area (Å²) in [6.45, 7) is 1.28. The van der Waals surface area contributed by atoms with E-state index in [-0.39, 0.29) is 17.0 Å². The summed E-state index contributed by atoms with van der Waals surface area (Å²) in [4.78, 5) is 25.1. The molecule has 0 saturated heterocycles. The number of nitrogens with one attached hydrogen (secondary N) is 1. The molecule has 0 saturated carbocycles. The first-order valence-electron chi connectivity index (χ1n) is 8.44. The van der Waals surface area contributed by atoms with Crippen LogP contribution >= 0.6 is 0 Å². The van der Waals surface area contributed by atoms with Crippen LogP contribution in [-0.4, -0.2) is 50.0 Å². The molecule has 144 valence electrons. The van der Waals surface area contributed by atoms with Gasteiger partial charge in [-0.15, -0.1) is 0 Å². The molecule has 0 aliphatic heterocycles. The third-order valence-electron chi connectivity index (χ3n) is 3.77. The van der Waals surface area contributed by atoms with E-state index in [2.05, 4.69) is 5.32 Å². The van der Waals surface area contributed by atoms with Gasteiger partial charge in [-0.3, -0.25) is 14.9 Å². The zero-order valence-corrected chi connectivity index (χ0v) is 15.6. The SMILES string of the molecule is COc1ccc(Oc2ccc([N+](=O)[O-])cc2C(=O)NCCCN(C)C)cc1. The third kappa shape index (κ3) is 5.96. The third-order valence-corrected chi connectivity index (χ3v) is 3.77. The summed E-state index contributed by atoms with van der Waals surface area (Å²) in [6.07, 6.45) is 0.766. The molecule has 0 heterocycles. The van der Waals surface area contributed by atoms with Crippen molar-refractivity contribution < 1.29 is 19.2 Å². The molecule has 0 radical (unpaired) electrons. The number of amides is 1.